The van der Waals surface area contributed by atoms with Crippen molar-refractivity contribution in [3.8, 4) is 0 Å². The highest BCUT2D eigenvalue weighted by molar-refractivity contribution is 8.00. The second kappa shape index (κ2) is 3.38. The Labute approximate surface area is 91.8 Å². The Balaban J connectivity index is 2.00. The zero-order valence-electron chi connectivity index (χ0n) is 7.90. The molecule has 2 N–H and O–H groups in total. The van der Waals surface area contributed by atoms with Crippen LogP contribution in [-0.2, 0) is 12.2 Å². The largest absolute Gasteiger partial charge is 0.384 e. The average molecular weight is 227 g/mol. The summed E-state index contributed by atoms with van der Waals surface area (Å²) in [7, 11) is 0. The van der Waals surface area contributed by atoms with Crippen molar-refractivity contribution >= 4 is 29.3 Å². The van der Waals surface area contributed by atoms with Crippen molar-refractivity contribution < 1.29 is 0 Å². The van der Waals surface area contributed by atoms with Crippen molar-refractivity contribution in [3.63, 3.8) is 0 Å². The zero-order valence-corrected chi connectivity index (χ0v) is 9.53. The number of hydrogen-bond acceptors (Lipinski definition) is 4. The molecule has 1 aromatic heterocycles. The summed E-state index contributed by atoms with van der Waals surface area (Å²) in [6.07, 6.45) is 1.10. The van der Waals surface area contributed by atoms with Crippen molar-refractivity contribution in [3.05, 3.63) is 11.3 Å². The molecule has 0 aliphatic carbocycles. The second-order valence-electron chi connectivity index (χ2n) is 3.75. The fraction of sp³-hybridized carbons (Fsp3) is 0.667. The van der Waals surface area contributed by atoms with Gasteiger partial charge in [-0.2, -0.15) is 28.6 Å². The van der Waals surface area contributed by atoms with Gasteiger partial charge in [0.1, 0.15) is 5.82 Å². The molecule has 76 valence electrons. The third kappa shape index (κ3) is 1.26. The number of thioether (sulfide) groups is 2. The van der Waals surface area contributed by atoms with Crippen LogP contribution in [0.3, 0.4) is 0 Å². The van der Waals surface area contributed by atoms with E-state index in [1.165, 1.54) is 28.5 Å². The lowest BCUT2D eigenvalue weighted by atomic mass is 10.2. The molecule has 0 unspecified atom stereocenters. The van der Waals surface area contributed by atoms with Crippen molar-refractivity contribution in [2.24, 2.45) is 0 Å². The normalized spacial score (nSPS) is 21.7. The van der Waals surface area contributed by atoms with Crippen LogP contribution in [0.1, 0.15) is 17.3 Å². The van der Waals surface area contributed by atoms with Crippen LogP contribution in [0.15, 0.2) is 0 Å². The van der Waals surface area contributed by atoms with Crippen molar-refractivity contribution in [2.45, 2.75) is 18.2 Å². The Hall–Kier alpha value is -0.290. The maximum atomic E-state index is 6.12. The van der Waals surface area contributed by atoms with Crippen LogP contribution in [-0.4, -0.2) is 27.0 Å². The number of nitrogen functional groups attached to an aromatic ring is 1. The van der Waals surface area contributed by atoms with Crippen molar-refractivity contribution in [1.29, 1.82) is 0 Å². The maximum absolute atomic E-state index is 6.12. The Kier molecular flexibility index (Phi) is 2.17. The van der Waals surface area contributed by atoms with Crippen molar-refractivity contribution in [1.82, 2.24) is 9.78 Å². The van der Waals surface area contributed by atoms with Crippen molar-refractivity contribution in [2.75, 3.05) is 23.0 Å². The molecule has 5 heteroatoms. The van der Waals surface area contributed by atoms with Gasteiger partial charge in [0.25, 0.3) is 0 Å². The van der Waals surface area contributed by atoms with E-state index in [0.717, 1.165) is 18.0 Å². The summed E-state index contributed by atoms with van der Waals surface area (Å²) >= 11 is 3.93. The van der Waals surface area contributed by atoms with E-state index in [0.29, 0.717) is 6.04 Å². The van der Waals surface area contributed by atoms with E-state index in [1.807, 2.05) is 23.5 Å². The van der Waals surface area contributed by atoms with Gasteiger partial charge in [-0.1, -0.05) is 0 Å². The molecule has 0 saturated carbocycles. The summed E-state index contributed by atoms with van der Waals surface area (Å²) in [5.41, 5.74) is 8.67. The van der Waals surface area contributed by atoms with E-state index in [9.17, 15) is 0 Å². The van der Waals surface area contributed by atoms with E-state index >= 15 is 0 Å². The topological polar surface area (TPSA) is 43.8 Å². The van der Waals surface area contributed by atoms with Gasteiger partial charge in [0.05, 0.1) is 11.7 Å². The number of aromatic nitrogens is 2. The van der Waals surface area contributed by atoms with Gasteiger partial charge >= 0.3 is 0 Å². The summed E-state index contributed by atoms with van der Waals surface area (Å²) in [4.78, 5) is 0. The molecule has 3 rings (SSSR count). The van der Waals surface area contributed by atoms with Crippen LogP contribution in [0.4, 0.5) is 5.82 Å². The number of hydrogen-bond donors (Lipinski definition) is 1. The minimum absolute atomic E-state index is 0.565. The molecule has 14 heavy (non-hydrogen) atoms. The molecule has 0 aromatic carbocycles. The van der Waals surface area contributed by atoms with Crippen LogP contribution < -0.4 is 5.73 Å². The fourth-order valence-corrected chi connectivity index (χ4v) is 3.55. The lowest BCUT2D eigenvalue weighted by Crippen LogP contribution is -2.25. The smallest absolute Gasteiger partial charge is 0.125 e. The Morgan fingerprint density at radius 3 is 2.86 bits per heavy atom. The van der Waals surface area contributed by atoms with Crippen LogP contribution in [0.25, 0.3) is 0 Å². The molecule has 0 bridgehead atoms. The molecule has 2 aliphatic rings. The molecule has 0 radical (unpaired) electrons. The Bertz CT molecular complexity index is 357. The molecule has 1 saturated heterocycles. The number of nitrogens with zero attached hydrogens (tertiary/aromatic N) is 2. The minimum Gasteiger partial charge on any atom is -0.384 e. The van der Waals surface area contributed by atoms with Gasteiger partial charge in [-0.15, -0.1) is 0 Å². The first-order chi connectivity index (χ1) is 6.86. The number of anilines is 1. The van der Waals surface area contributed by atoms with Crippen LogP contribution in [0.2, 0.25) is 0 Å². The van der Waals surface area contributed by atoms with E-state index in [-0.39, 0.29) is 0 Å². The monoisotopic (exact) mass is 227 g/mol. The Morgan fingerprint density at radius 1 is 1.36 bits per heavy atom. The highest BCUT2D eigenvalue weighted by atomic mass is 32.2. The molecule has 2 aliphatic heterocycles. The van der Waals surface area contributed by atoms with E-state index < -0.39 is 0 Å². The maximum Gasteiger partial charge on any atom is 0.125 e. The fourth-order valence-electron chi connectivity index (χ4n) is 1.90. The van der Waals surface area contributed by atoms with Gasteiger partial charge in [0.15, 0.2) is 0 Å². The summed E-state index contributed by atoms with van der Waals surface area (Å²) in [6.45, 7) is 0. The molecule has 0 atom stereocenters. The van der Waals surface area contributed by atoms with E-state index in [2.05, 4.69) is 9.78 Å². The highest BCUT2D eigenvalue weighted by Crippen LogP contribution is 2.35. The molecule has 1 fully saturated rings. The third-order valence-electron chi connectivity index (χ3n) is 2.83. The van der Waals surface area contributed by atoms with E-state index in [1.54, 1.807) is 0 Å². The molecular weight excluding hydrogens is 214 g/mol. The summed E-state index contributed by atoms with van der Waals surface area (Å²) in [5, 5.41) is 4.63. The second-order valence-corrected chi connectivity index (χ2v) is 5.93. The lowest BCUT2D eigenvalue weighted by molar-refractivity contribution is 0.531. The quantitative estimate of drug-likeness (QED) is 0.790. The first kappa shape index (κ1) is 8.97. The number of fused-ring (bicyclic) bond motifs is 1. The zero-order chi connectivity index (χ0) is 9.54. The summed E-state index contributed by atoms with van der Waals surface area (Å²) in [6, 6.07) is 0.565. The van der Waals surface area contributed by atoms with E-state index in [4.69, 9.17) is 5.73 Å². The molecule has 1 aromatic rings. The van der Waals surface area contributed by atoms with Crippen LogP contribution >= 0.6 is 23.5 Å². The van der Waals surface area contributed by atoms with Gasteiger partial charge in [0, 0.05) is 22.8 Å². The van der Waals surface area contributed by atoms with Gasteiger partial charge in [-0.3, -0.25) is 0 Å². The first-order valence-electron chi connectivity index (χ1n) is 4.87. The first-order valence-corrected chi connectivity index (χ1v) is 7.18. The third-order valence-corrected chi connectivity index (χ3v) is 5.05. The Morgan fingerprint density at radius 2 is 2.21 bits per heavy atom. The average Bonchev–Trinajstić information content (AvgIpc) is 2.43. The predicted octanol–water partition coefficient (Wildman–Crippen LogP) is 1.54. The molecular formula is C9H13N3S2. The standard InChI is InChI=1S/C9H13N3S2/c10-9-7-1-2-13-5-8(7)11-12(9)6-3-14-4-6/h6H,1-5,10H2. The molecule has 3 nitrogen and oxygen atoms in total. The van der Waals surface area contributed by atoms with Gasteiger partial charge in [0.2, 0.25) is 0 Å². The summed E-state index contributed by atoms with van der Waals surface area (Å²) in [5.74, 6) is 5.54. The number of nitrogens with two attached hydrogens (primary N) is 1. The van der Waals surface area contributed by atoms with Gasteiger partial charge in [-0.05, 0) is 12.2 Å². The molecule has 3 heterocycles. The van der Waals surface area contributed by atoms with Gasteiger partial charge in [-0.25, -0.2) is 4.68 Å². The minimum atomic E-state index is 0.565. The molecule has 0 amide bonds. The predicted molar refractivity (Wildman–Crippen MR) is 62.9 cm³/mol. The van der Waals surface area contributed by atoms with Crippen LogP contribution in [0, 0.1) is 0 Å². The summed E-state index contributed by atoms with van der Waals surface area (Å²) < 4.78 is 2.06. The van der Waals surface area contributed by atoms with Gasteiger partial charge < -0.3 is 5.73 Å². The number of rotatable bonds is 1. The molecule has 0 spiro atoms. The highest BCUT2D eigenvalue weighted by Gasteiger charge is 2.27. The van der Waals surface area contributed by atoms with Crippen LogP contribution in [0.5, 0.6) is 0 Å². The lowest BCUT2D eigenvalue weighted by Gasteiger charge is -2.26. The SMILES string of the molecule is Nc1c2c(nn1C1CSC1)CSCC2.